The Morgan fingerprint density at radius 1 is 1.09 bits per heavy atom. The van der Waals surface area contributed by atoms with E-state index in [0.29, 0.717) is 16.9 Å². The Morgan fingerprint density at radius 2 is 1.77 bits per heavy atom. The maximum atomic E-state index is 12.8. The van der Waals surface area contributed by atoms with Gasteiger partial charge in [0.15, 0.2) is 0 Å². The molecule has 0 bridgehead atoms. The van der Waals surface area contributed by atoms with E-state index < -0.39 is 30.3 Å². The van der Waals surface area contributed by atoms with Crippen LogP contribution in [0.25, 0.3) is 0 Å². The van der Waals surface area contributed by atoms with E-state index in [1.807, 2.05) is 25.1 Å². The number of carbonyl (C=O) groups is 3. The minimum absolute atomic E-state index is 0.0582. The fourth-order valence-corrected chi connectivity index (χ4v) is 3.76. The maximum Gasteiger partial charge on any atom is 0.338 e. The van der Waals surface area contributed by atoms with E-state index in [2.05, 4.69) is 0 Å². The summed E-state index contributed by atoms with van der Waals surface area (Å²) in [5.74, 6) is -2.89. The van der Waals surface area contributed by atoms with Crippen molar-refractivity contribution in [3.05, 3.63) is 82.4 Å². The van der Waals surface area contributed by atoms with Crippen molar-refractivity contribution < 1.29 is 28.6 Å². The number of rotatable bonds is 6. The summed E-state index contributed by atoms with van der Waals surface area (Å²) in [6.45, 7) is 1.91. The summed E-state index contributed by atoms with van der Waals surface area (Å²) in [7, 11) is 2.35. The summed E-state index contributed by atoms with van der Waals surface area (Å²) in [5.41, 5.74) is 13.9. The molecular formula is C25H24N4O6. The average Bonchev–Trinajstić information content (AvgIpc) is 2.84. The van der Waals surface area contributed by atoms with Gasteiger partial charge >= 0.3 is 18.0 Å². The number of hydrogen-bond donors (Lipinski definition) is 2. The van der Waals surface area contributed by atoms with E-state index >= 15 is 0 Å². The molecule has 0 fully saturated rings. The smallest absolute Gasteiger partial charge is 0.338 e. The Labute approximate surface area is 202 Å². The molecule has 1 heterocycles. The number of allylic oxidation sites excluding steroid dienone is 1. The molecule has 10 heteroatoms. The van der Waals surface area contributed by atoms with Crippen LogP contribution < -0.4 is 16.4 Å². The number of esters is 2. The zero-order valence-electron chi connectivity index (χ0n) is 19.4. The molecule has 1 aliphatic heterocycles. The van der Waals surface area contributed by atoms with Gasteiger partial charge in [-0.1, -0.05) is 29.8 Å². The molecule has 1 atom stereocenters. The predicted octanol–water partition coefficient (Wildman–Crippen LogP) is 3.01. The fourth-order valence-electron chi connectivity index (χ4n) is 3.76. The third kappa shape index (κ3) is 5.09. The number of hydrogen-bond acceptors (Lipinski definition) is 8. The highest BCUT2D eigenvalue weighted by atomic mass is 16.5. The van der Waals surface area contributed by atoms with E-state index in [9.17, 15) is 19.6 Å². The van der Waals surface area contributed by atoms with Crippen LogP contribution in [-0.4, -0.2) is 32.2 Å². The van der Waals surface area contributed by atoms with Crippen molar-refractivity contribution in [2.75, 3.05) is 19.1 Å². The minimum Gasteiger partial charge on any atom is -0.469 e. The van der Waals surface area contributed by atoms with E-state index in [1.54, 1.807) is 36.4 Å². The van der Waals surface area contributed by atoms with Crippen LogP contribution in [-0.2, 0) is 23.8 Å². The van der Waals surface area contributed by atoms with Gasteiger partial charge in [0.05, 0.1) is 37.1 Å². The monoisotopic (exact) mass is 476 g/mol. The third-order valence-electron chi connectivity index (χ3n) is 5.41. The van der Waals surface area contributed by atoms with E-state index in [0.717, 1.165) is 5.56 Å². The fraction of sp³-hybridized carbons (Fsp3) is 0.200. The van der Waals surface area contributed by atoms with Crippen molar-refractivity contribution in [1.82, 2.24) is 0 Å². The second-order valence-electron chi connectivity index (χ2n) is 7.61. The summed E-state index contributed by atoms with van der Waals surface area (Å²) in [5, 5.41) is 9.83. The first-order chi connectivity index (χ1) is 16.7. The first-order valence-electron chi connectivity index (χ1n) is 10.4. The molecule has 2 aromatic rings. The molecule has 1 aliphatic rings. The molecule has 0 saturated carbocycles. The van der Waals surface area contributed by atoms with Crippen molar-refractivity contribution in [3.8, 4) is 6.07 Å². The van der Waals surface area contributed by atoms with Gasteiger partial charge in [0.25, 0.3) is 0 Å². The van der Waals surface area contributed by atoms with Crippen molar-refractivity contribution in [2.24, 2.45) is 11.5 Å². The van der Waals surface area contributed by atoms with Crippen LogP contribution >= 0.6 is 0 Å². The van der Waals surface area contributed by atoms with Crippen LogP contribution in [0.4, 0.5) is 16.2 Å². The number of aryl methyl sites for hydroxylation is 1. The Balaban J connectivity index is 2.20. The summed E-state index contributed by atoms with van der Waals surface area (Å²) in [6.07, 6.45) is -0.409. The molecule has 35 heavy (non-hydrogen) atoms. The zero-order chi connectivity index (χ0) is 25.7. The molecule has 3 rings (SSSR count). The number of methoxy groups -OCH3 is 2. The normalized spacial score (nSPS) is 15.1. The number of carbonyl (C=O) groups excluding carboxylic acids is 3. The van der Waals surface area contributed by atoms with E-state index in [-0.39, 0.29) is 22.8 Å². The number of nitrogens with zero attached hydrogens (tertiary/aromatic N) is 2. The molecule has 2 aromatic carbocycles. The number of nitriles is 1. The highest BCUT2D eigenvalue weighted by Crippen LogP contribution is 2.42. The summed E-state index contributed by atoms with van der Waals surface area (Å²) in [4.78, 5) is 38.5. The van der Waals surface area contributed by atoms with E-state index in [4.69, 9.17) is 25.7 Å². The third-order valence-corrected chi connectivity index (χ3v) is 5.41. The number of amides is 2. The van der Waals surface area contributed by atoms with Crippen molar-refractivity contribution in [1.29, 1.82) is 5.26 Å². The van der Waals surface area contributed by atoms with Crippen molar-refractivity contribution >= 4 is 29.3 Å². The van der Waals surface area contributed by atoms with Crippen LogP contribution in [0.1, 0.15) is 23.5 Å². The average molecular weight is 476 g/mol. The van der Waals surface area contributed by atoms with Crippen molar-refractivity contribution in [3.63, 3.8) is 0 Å². The summed E-state index contributed by atoms with van der Waals surface area (Å²) >= 11 is 0. The lowest BCUT2D eigenvalue weighted by Gasteiger charge is -2.28. The summed E-state index contributed by atoms with van der Waals surface area (Å²) in [6, 6.07) is 15.0. The number of anilines is 2. The van der Waals surface area contributed by atoms with Gasteiger partial charge < -0.3 is 25.7 Å². The quantitative estimate of drug-likeness (QED) is 0.602. The van der Waals surface area contributed by atoms with Gasteiger partial charge in [-0.15, -0.1) is 0 Å². The lowest BCUT2D eigenvalue weighted by atomic mass is 9.82. The molecule has 0 aromatic heterocycles. The Kier molecular flexibility index (Phi) is 7.41. The van der Waals surface area contributed by atoms with Crippen LogP contribution in [0.15, 0.2) is 71.3 Å². The minimum atomic E-state index is -1.03. The molecule has 4 N–H and O–H groups in total. The lowest BCUT2D eigenvalue weighted by Crippen LogP contribution is -2.31. The van der Waals surface area contributed by atoms with Crippen LogP contribution in [0, 0.1) is 18.3 Å². The van der Waals surface area contributed by atoms with Crippen molar-refractivity contribution in [2.45, 2.75) is 19.3 Å². The lowest BCUT2D eigenvalue weighted by molar-refractivity contribution is -0.140. The molecule has 0 radical (unpaired) electrons. The number of benzene rings is 2. The van der Waals surface area contributed by atoms with Gasteiger partial charge in [-0.2, -0.15) is 5.26 Å². The highest BCUT2D eigenvalue weighted by molar-refractivity contribution is 5.99. The number of nitrogens with two attached hydrogens (primary N) is 2. The topological polar surface area (TPSA) is 158 Å². The first kappa shape index (κ1) is 24.9. The SMILES string of the molecule is COC(=O)CC1=C(C(=O)OC)C(c2cccc(N(C(N)=O)c3ccc(C)cc3)c2)C(C#N)=C(N)O1. The number of urea groups is 1. The van der Waals surface area contributed by atoms with Gasteiger partial charge in [0.2, 0.25) is 5.88 Å². The summed E-state index contributed by atoms with van der Waals surface area (Å²) < 4.78 is 15.1. The Bertz CT molecular complexity index is 1270. The molecule has 0 aliphatic carbocycles. The van der Waals surface area contributed by atoms with Gasteiger partial charge in [-0.25, -0.2) is 9.59 Å². The highest BCUT2D eigenvalue weighted by Gasteiger charge is 2.38. The molecule has 0 spiro atoms. The molecular weight excluding hydrogens is 452 g/mol. The van der Waals surface area contributed by atoms with Crippen LogP contribution in [0.3, 0.4) is 0 Å². The maximum absolute atomic E-state index is 12.8. The predicted molar refractivity (Wildman–Crippen MR) is 126 cm³/mol. The molecule has 0 saturated heterocycles. The second-order valence-corrected chi connectivity index (χ2v) is 7.61. The van der Waals surface area contributed by atoms with Crippen LogP contribution in [0.2, 0.25) is 0 Å². The number of primary amides is 1. The Morgan fingerprint density at radius 3 is 2.34 bits per heavy atom. The molecule has 1 unspecified atom stereocenters. The first-order valence-corrected chi connectivity index (χ1v) is 10.4. The van der Waals surface area contributed by atoms with Gasteiger partial charge in [0, 0.05) is 0 Å². The number of ether oxygens (including phenoxy) is 3. The van der Waals surface area contributed by atoms with Gasteiger partial charge in [-0.3, -0.25) is 9.69 Å². The molecule has 2 amide bonds. The Hall–Kier alpha value is -4.78. The van der Waals surface area contributed by atoms with Gasteiger partial charge in [-0.05, 0) is 36.8 Å². The van der Waals surface area contributed by atoms with Crippen LogP contribution in [0.5, 0.6) is 0 Å². The zero-order valence-corrected chi connectivity index (χ0v) is 19.4. The molecule has 180 valence electrons. The standard InChI is InChI=1S/C25H24N4O6/c1-14-7-9-16(10-8-14)29(25(28)32)17-6-4-5-15(11-17)21-18(13-26)23(27)35-19(12-20(30)33-2)22(21)24(31)34-3/h4-11,21H,12,27H2,1-3H3,(H2,28,32). The van der Waals surface area contributed by atoms with E-state index in [1.165, 1.54) is 19.1 Å². The second kappa shape index (κ2) is 10.4. The van der Waals surface area contributed by atoms with Gasteiger partial charge in [0.1, 0.15) is 23.8 Å². The largest absolute Gasteiger partial charge is 0.469 e. The molecule has 10 nitrogen and oxygen atoms in total.